The fourth-order valence-corrected chi connectivity index (χ4v) is 3.01. The van der Waals surface area contributed by atoms with Gasteiger partial charge in [0.15, 0.2) is 0 Å². The third kappa shape index (κ3) is 3.33. The van der Waals surface area contributed by atoms with E-state index in [0.29, 0.717) is 15.6 Å². The average Bonchev–Trinajstić information content (AvgIpc) is 2.45. The van der Waals surface area contributed by atoms with Crippen LogP contribution in [0.4, 0.5) is 0 Å². The van der Waals surface area contributed by atoms with Gasteiger partial charge in [-0.05, 0) is 18.1 Å². The van der Waals surface area contributed by atoms with E-state index in [1.807, 2.05) is 13.8 Å². The number of piperazine rings is 1. The van der Waals surface area contributed by atoms with Crippen LogP contribution in [0.3, 0.4) is 0 Å². The minimum atomic E-state index is -0.483. The molecule has 1 aromatic rings. The number of nitrogens with zero attached hydrogens (tertiary/aromatic N) is 1. The van der Waals surface area contributed by atoms with Crippen molar-refractivity contribution in [2.75, 3.05) is 6.54 Å². The van der Waals surface area contributed by atoms with Gasteiger partial charge in [0.05, 0.1) is 6.54 Å². The number of amides is 2. The lowest BCUT2D eigenvalue weighted by atomic mass is 9.94. The predicted molar refractivity (Wildman–Crippen MR) is 83.3 cm³/mol. The summed E-state index contributed by atoms with van der Waals surface area (Å²) in [5.74, 6) is -0.168. The summed E-state index contributed by atoms with van der Waals surface area (Å²) in [6, 6.07) is 4.74. The van der Waals surface area contributed by atoms with Crippen LogP contribution >= 0.6 is 23.2 Å². The molecular formula is C15H18Cl2N2O2. The fourth-order valence-electron chi connectivity index (χ4n) is 2.49. The minimum Gasteiger partial charge on any atom is -0.345 e. The zero-order valence-electron chi connectivity index (χ0n) is 12.0. The lowest BCUT2D eigenvalue weighted by Crippen LogP contribution is -2.60. The van der Waals surface area contributed by atoms with Gasteiger partial charge >= 0.3 is 0 Å². The molecule has 21 heavy (non-hydrogen) atoms. The van der Waals surface area contributed by atoms with Crippen molar-refractivity contribution in [3.63, 3.8) is 0 Å². The topological polar surface area (TPSA) is 49.4 Å². The highest BCUT2D eigenvalue weighted by atomic mass is 35.5. The summed E-state index contributed by atoms with van der Waals surface area (Å²) >= 11 is 12.3. The SMILES string of the molecule is CCC(C)C1C(=O)NCC(=O)N1Cc1c(Cl)cccc1Cl. The standard InChI is InChI=1S/C15H18Cl2N2O2/c1-3-9(2)14-15(21)18-7-13(20)19(14)8-10-11(16)5-4-6-12(10)17/h4-6,9,14H,3,7-8H2,1-2H3,(H,18,21). The van der Waals surface area contributed by atoms with E-state index >= 15 is 0 Å². The van der Waals surface area contributed by atoms with E-state index in [2.05, 4.69) is 5.32 Å². The molecule has 1 aliphatic rings. The molecule has 1 heterocycles. The van der Waals surface area contributed by atoms with E-state index in [0.717, 1.165) is 6.42 Å². The Bertz CT molecular complexity index is 542. The van der Waals surface area contributed by atoms with Crippen LogP contribution in [0, 0.1) is 5.92 Å². The molecule has 6 heteroatoms. The van der Waals surface area contributed by atoms with Crippen LogP contribution in [0.5, 0.6) is 0 Å². The molecule has 1 N–H and O–H groups in total. The van der Waals surface area contributed by atoms with Crippen molar-refractivity contribution < 1.29 is 9.59 Å². The highest BCUT2D eigenvalue weighted by molar-refractivity contribution is 6.36. The number of hydrogen-bond acceptors (Lipinski definition) is 2. The largest absolute Gasteiger partial charge is 0.345 e. The maximum Gasteiger partial charge on any atom is 0.243 e. The van der Waals surface area contributed by atoms with Gasteiger partial charge in [-0.25, -0.2) is 0 Å². The lowest BCUT2D eigenvalue weighted by molar-refractivity contribution is -0.148. The van der Waals surface area contributed by atoms with Crippen LogP contribution in [-0.4, -0.2) is 29.3 Å². The second-order valence-electron chi connectivity index (χ2n) is 5.27. The van der Waals surface area contributed by atoms with E-state index in [-0.39, 0.29) is 30.8 Å². The monoisotopic (exact) mass is 328 g/mol. The molecule has 0 radical (unpaired) electrons. The fraction of sp³-hybridized carbons (Fsp3) is 0.467. The summed E-state index contributed by atoms with van der Waals surface area (Å²) in [4.78, 5) is 25.9. The van der Waals surface area contributed by atoms with E-state index in [9.17, 15) is 9.59 Å². The molecular weight excluding hydrogens is 311 g/mol. The molecule has 1 aromatic carbocycles. The van der Waals surface area contributed by atoms with Crippen molar-refractivity contribution in [1.29, 1.82) is 0 Å². The molecule has 0 bridgehead atoms. The Morgan fingerprint density at radius 2 is 1.95 bits per heavy atom. The third-order valence-corrected chi connectivity index (χ3v) is 4.62. The van der Waals surface area contributed by atoms with Crippen LogP contribution in [0.1, 0.15) is 25.8 Å². The first kappa shape index (κ1) is 16.1. The second kappa shape index (κ2) is 6.67. The normalized spacial score (nSPS) is 20.4. The molecule has 1 fully saturated rings. The summed E-state index contributed by atoms with van der Waals surface area (Å²) in [7, 11) is 0. The van der Waals surface area contributed by atoms with Crippen LogP contribution in [0.15, 0.2) is 18.2 Å². The molecule has 0 aromatic heterocycles. The first-order chi connectivity index (χ1) is 9.95. The summed E-state index contributed by atoms with van der Waals surface area (Å²) in [5, 5.41) is 3.65. The van der Waals surface area contributed by atoms with Gasteiger partial charge < -0.3 is 10.2 Å². The Hall–Kier alpha value is -1.26. The third-order valence-electron chi connectivity index (χ3n) is 3.91. The Kier molecular flexibility index (Phi) is 5.12. The molecule has 4 nitrogen and oxygen atoms in total. The van der Waals surface area contributed by atoms with Gasteiger partial charge in [0.2, 0.25) is 11.8 Å². The summed E-state index contributed by atoms with van der Waals surface area (Å²) < 4.78 is 0. The molecule has 114 valence electrons. The van der Waals surface area contributed by atoms with E-state index in [1.54, 1.807) is 23.1 Å². The Labute approximate surface area is 134 Å². The Morgan fingerprint density at radius 3 is 2.52 bits per heavy atom. The van der Waals surface area contributed by atoms with Crippen LogP contribution in [0.25, 0.3) is 0 Å². The zero-order chi connectivity index (χ0) is 15.6. The minimum absolute atomic E-state index is 0.0217. The van der Waals surface area contributed by atoms with Crippen molar-refractivity contribution in [3.05, 3.63) is 33.8 Å². The molecule has 0 aliphatic carbocycles. The molecule has 0 saturated carbocycles. The second-order valence-corrected chi connectivity index (χ2v) is 6.08. The van der Waals surface area contributed by atoms with Gasteiger partial charge in [0.1, 0.15) is 6.04 Å². The first-order valence-corrected chi connectivity index (χ1v) is 7.71. The van der Waals surface area contributed by atoms with Gasteiger partial charge in [0.25, 0.3) is 0 Å². The number of nitrogens with one attached hydrogen (secondary N) is 1. The highest BCUT2D eigenvalue weighted by Gasteiger charge is 2.37. The number of hydrogen-bond donors (Lipinski definition) is 1. The number of carbonyl (C=O) groups excluding carboxylic acids is 2. The van der Waals surface area contributed by atoms with Gasteiger partial charge in [-0.1, -0.05) is 49.5 Å². The smallest absolute Gasteiger partial charge is 0.243 e. The van der Waals surface area contributed by atoms with Crippen molar-refractivity contribution in [1.82, 2.24) is 10.2 Å². The highest BCUT2D eigenvalue weighted by Crippen LogP contribution is 2.28. The molecule has 1 aliphatic heterocycles. The number of halogens is 2. The van der Waals surface area contributed by atoms with Crippen LogP contribution in [0.2, 0.25) is 10.0 Å². The van der Waals surface area contributed by atoms with Crippen molar-refractivity contribution >= 4 is 35.0 Å². The van der Waals surface area contributed by atoms with Crippen molar-refractivity contribution in [3.8, 4) is 0 Å². The molecule has 2 rings (SSSR count). The van der Waals surface area contributed by atoms with Gasteiger partial charge in [0, 0.05) is 22.2 Å². The average molecular weight is 329 g/mol. The maximum absolute atomic E-state index is 12.2. The van der Waals surface area contributed by atoms with E-state index in [4.69, 9.17) is 23.2 Å². The summed E-state index contributed by atoms with van der Waals surface area (Å²) in [6.07, 6.45) is 0.804. The van der Waals surface area contributed by atoms with Crippen LogP contribution in [-0.2, 0) is 16.1 Å². The van der Waals surface area contributed by atoms with E-state index in [1.165, 1.54) is 0 Å². The molecule has 0 spiro atoms. The molecule has 1 saturated heterocycles. The van der Waals surface area contributed by atoms with Crippen molar-refractivity contribution in [2.24, 2.45) is 5.92 Å². The lowest BCUT2D eigenvalue weighted by Gasteiger charge is -2.38. The summed E-state index contributed by atoms with van der Waals surface area (Å²) in [6.45, 7) is 4.23. The predicted octanol–water partition coefficient (Wildman–Crippen LogP) is 2.87. The quantitative estimate of drug-likeness (QED) is 0.923. The first-order valence-electron chi connectivity index (χ1n) is 6.95. The van der Waals surface area contributed by atoms with E-state index < -0.39 is 6.04 Å². The Balaban J connectivity index is 2.33. The van der Waals surface area contributed by atoms with Gasteiger partial charge in [-0.3, -0.25) is 9.59 Å². The molecule has 2 unspecified atom stereocenters. The zero-order valence-corrected chi connectivity index (χ0v) is 13.5. The van der Waals surface area contributed by atoms with Gasteiger partial charge in [-0.15, -0.1) is 0 Å². The van der Waals surface area contributed by atoms with Gasteiger partial charge in [-0.2, -0.15) is 0 Å². The molecule has 2 amide bonds. The maximum atomic E-state index is 12.2. The molecule has 2 atom stereocenters. The summed E-state index contributed by atoms with van der Waals surface area (Å²) in [5.41, 5.74) is 0.678. The van der Waals surface area contributed by atoms with Crippen molar-refractivity contribution in [2.45, 2.75) is 32.9 Å². The number of carbonyl (C=O) groups is 2. The van der Waals surface area contributed by atoms with Crippen LogP contribution < -0.4 is 5.32 Å². The Morgan fingerprint density at radius 1 is 1.33 bits per heavy atom. The number of rotatable bonds is 4. The number of benzene rings is 1.